The molecule has 5 heteroatoms. The van der Waals surface area contributed by atoms with Gasteiger partial charge >= 0.3 is 0 Å². The van der Waals surface area contributed by atoms with E-state index in [1.54, 1.807) is 0 Å². The number of nitrogens with one attached hydrogen (secondary N) is 1. The van der Waals surface area contributed by atoms with Gasteiger partial charge in [0.15, 0.2) is 0 Å². The van der Waals surface area contributed by atoms with Crippen LogP contribution in [0.15, 0.2) is 0 Å². The lowest BCUT2D eigenvalue weighted by atomic mass is 9.97. The van der Waals surface area contributed by atoms with Crippen LogP contribution in [0.25, 0.3) is 0 Å². The summed E-state index contributed by atoms with van der Waals surface area (Å²) in [5.41, 5.74) is 0. The number of piperidine rings is 1. The highest BCUT2D eigenvalue weighted by atomic mass is 32.2. The summed E-state index contributed by atoms with van der Waals surface area (Å²) in [4.78, 5) is 0. The third-order valence-electron chi connectivity index (χ3n) is 5.45. The monoisotopic (exact) mass is 300 g/mol. The maximum Gasteiger partial charge on any atom is 0.214 e. The van der Waals surface area contributed by atoms with E-state index in [1.165, 1.54) is 25.7 Å². The summed E-state index contributed by atoms with van der Waals surface area (Å²) in [6, 6.07) is 0.323. The smallest absolute Gasteiger partial charge is 0.214 e. The minimum Gasteiger partial charge on any atom is -0.317 e. The first-order valence-corrected chi connectivity index (χ1v) is 9.98. The molecule has 0 radical (unpaired) electrons. The Morgan fingerprint density at radius 1 is 0.950 bits per heavy atom. The number of sulfonamides is 1. The molecule has 3 rings (SSSR count). The van der Waals surface area contributed by atoms with Crippen LogP contribution in [-0.4, -0.2) is 44.2 Å². The Balaban J connectivity index is 1.65. The Bertz CT molecular complexity index is 412. The van der Waals surface area contributed by atoms with Gasteiger partial charge in [-0.25, -0.2) is 8.42 Å². The van der Waals surface area contributed by atoms with Gasteiger partial charge in [0.2, 0.25) is 10.0 Å². The van der Waals surface area contributed by atoms with E-state index in [9.17, 15) is 8.42 Å². The molecular formula is C15H28N2O2S. The quantitative estimate of drug-likeness (QED) is 0.863. The predicted octanol–water partition coefficient (Wildman–Crippen LogP) is 1.97. The fraction of sp³-hybridized carbons (Fsp3) is 1.00. The van der Waals surface area contributed by atoms with Gasteiger partial charge in [0.25, 0.3) is 0 Å². The lowest BCUT2D eigenvalue weighted by Gasteiger charge is -2.31. The summed E-state index contributed by atoms with van der Waals surface area (Å²) in [6.45, 7) is 2.73. The maximum absolute atomic E-state index is 12.8. The van der Waals surface area contributed by atoms with Gasteiger partial charge in [0.1, 0.15) is 0 Å². The van der Waals surface area contributed by atoms with Crippen molar-refractivity contribution in [2.24, 2.45) is 11.8 Å². The van der Waals surface area contributed by atoms with Crippen molar-refractivity contribution in [3.63, 3.8) is 0 Å². The zero-order chi connectivity index (χ0) is 14.0. The maximum atomic E-state index is 12.8. The summed E-state index contributed by atoms with van der Waals surface area (Å²) in [6.07, 6.45) is 9.26. The highest BCUT2D eigenvalue weighted by Crippen LogP contribution is 2.37. The van der Waals surface area contributed by atoms with Crippen LogP contribution in [0, 0.1) is 11.8 Å². The Kier molecular flexibility index (Phi) is 4.68. The zero-order valence-corrected chi connectivity index (χ0v) is 13.2. The average molecular weight is 300 g/mol. The van der Waals surface area contributed by atoms with Crippen molar-refractivity contribution < 1.29 is 8.42 Å². The molecule has 1 saturated carbocycles. The van der Waals surface area contributed by atoms with Crippen molar-refractivity contribution in [2.45, 2.75) is 57.4 Å². The van der Waals surface area contributed by atoms with E-state index in [0.717, 1.165) is 45.3 Å². The molecule has 0 spiro atoms. The molecule has 1 unspecified atom stereocenters. The van der Waals surface area contributed by atoms with Crippen molar-refractivity contribution in [1.82, 2.24) is 9.62 Å². The second kappa shape index (κ2) is 6.32. The van der Waals surface area contributed by atoms with E-state index in [-0.39, 0.29) is 0 Å². The van der Waals surface area contributed by atoms with E-state index in [0.29, 0.717) is 23.6 Å². The molecule has 4 nitrogen and oxygen atoms in total. The summed E-state index contributed by atoms with van der Waals surface area (Å²) < 4.78 is 27.4. The molecular weight excluding hydrogens is 272 g/mol. The molecule has 2 heterocycles. The van der Waals surface area contributed by atoms with Crippen LogP contribution < -0.4 is 5.32 Å². The molecule has 1 aliphatic carbocycles. The first-order valence-electron chi connectivity index (χ1n) is 8.37. The van der Waals surface area contributed by atoms with Crippen LogP contribution in [0.5, 0.6) is 0 Å². The molecule has 1 atom stereocenters. The van der Waals surface area contributed by atoms with Crippen molar-refractivity contribution in [3.05, 3.63) is 0 Å². The minimum atomic E-state index is -3.04. The first-order chi connectivity index (χ1) is 9.67. The van der Waals surface area contributed by atoms with Gasteiger partial charge in [0, 0.05) is 12.6 Å². The summed E-state index contributed by atoms with van der Waals surface area (Å²) >= 11 is 0. The van der Waals surface area contributed by atoms with E-state index < -0.39 is 10.0 Å². The zero-order valence-electron chi connectivity index (χ0n) is 12.4. The fourth-order valence-electron chi connectivity index (χ4n) is 4.37. The highest BCUT2D eigenvalue weighted by Gasteiger charge is 2.40. The third kappa shape index (κ3) is 3.20. The topological polar surface area (TPSA) is 49.4 Å². The Labute approximate surface area is 123 Å². The molecule has 3 fully saturated rings. The standard InChI is InChI=1S/C15H28N2O2S/c18-20(19,12-13-7-9-16-10-8-13)17-11-3-6-15(17)14-4-1-2-5-14/h13-16H,1-12H2. The minimum absolute atomic E-state index is 0.323. The molecule has 0 aromatic heterocycles. The van der Waals surface area contributed by atoms with Gasteiger partial charge in [-0.2, -0.15) is 4.31 Å². The van der Waals surface area contributed by atoms with Gasteiger partial charge in [-0.05, 0) is 63.5 Å². The normalized spacial score (nSPS) is 31.1. The van der Waals surface area contributed by atoms with Crippen LogP contribution in [0.2, 0.25) is 0 Å². The number of hydrogen-bond donors (Lipinski definition) is 1. The molecule has 116 valence electrons. The lowest BCUT2D eigenvalue weighted by Crippen LogP contribution is -2.43. The van der Waals surface area contributed by atoms with Crippen LogP contribution in [0.1, 0.15) is 51.4 Å². The SMILES string of the molecule is O=S(=O)(CC1CCNCC1)N1CCCC1C1CCCC1. The van der Waals surface area contributed by atoms with E-state index >= 15 is 0 Å². The second-order valence-electron chi connectivity index (χ2n) is 6.84. The molecule has 1 N–H and O–H groups in total. The number of rotatable bonds is 4. The highest BCUT2D eigenvalue weighted by molar-refractivity contribution is 7.89. The van der Waals surface area contributed by atoms with Crippen LogP contribution in [0.3, 0.4) is 0 Å². The summed E-state index contributed by atoms with van der Waals surface area (Å²) in [7, 11) is -3.04. The van der Waals surface area contributed by atoms with E-state index in [4.69, 9.17) is 0 Å². The van der Waals surface area contributed by atoms with Crippen molar-refractivity contribution in [2.75, 3.05) is 25.4 Å². The average Bonchev–Trinajstić information content (AvgIpc) is 3.10. The van der Waals surface area contributed by atoms with E-state index in [1.807, 2.05) is 4.31 Å². The van der Waals surface area contributed by atoms with Crippen LogP contribution >= 0.6 is 0 Å². The predicted molar refractivity (Wildman–Crippen MR) is 81.1 cm³/mol. The van der Waals surface area contributed by atoms with Gasteiger partial charge in [-0.3, -0.25) is 0 Å². The van der Waals surface area contributed by atoms with Crippen molar-refractivity contribution in [1.29, 1.82) is 0 Å². The third-order valence-corrected chi connectivity index (χ3v) is 7.52. The summed E-state index contributed by atoms with van der Waals surface area (Å²) in [5, 5.41) is 3.32. The molecule has 0 aromatic carbocycles. The van der Waals surface area contributed by atoms with Crippen molar-refractivity contribution in [3.8, 4) is 0 Å². The Morgan fingerprint density at radius 2 is 1.65 bits per heavy atom. The second-order valence-corrected chi connectivity index (χ2v) is 8.80. The van der Waals surface area contributed by atoms with Gasteiger partial charge in [0.05, 0.1) is 5.75 Å². The Morgan fingerprint density at radius 3 is 2.35 bits per heavy atom. The lowest BCUT2D eigenvalue weighted by molar-refractivity contribution is 0.284. The molecule has 0 amide bonds. The molecule has 0 bridgehead atoms. The molecule has 0 aromatic rings. The van der Waals surface area contributed by atoms with Gasteiger partial charge in [-0.15, -0.1) is 0 Å². The van der Waals surface area contributed by atoms with Gasteiger partial charge < -0.3 is 5.32 Å². The van der Waals surface area contributed by atoms with Crippen LogP contribution in [0.4, 0.5) is 0 Å². The van der Waals surface area contributed by atoms with Crippen molar-refractivity contribution >= 4 is 10.0 Å². The first kappa shape index (κ1) is 14.8. The van der Waals surface area contributed by atoms with Crippen LogP contribution in [-0.2, 0) is 10.0 Å². The molecule has 3 aliphatic rings. The number of nitrogens with zero attached hydrogens (tertiary/aromatic N) is 1. The fourth-order valence-corrected chi connectivity index (χ4v) is 6.58. The summed E-state index contributed by atoms with van der Waals surface area (Å²) in [5.74, 6) is 1.39. The molecule has 20 heavy (non-hydrogen) atoms. The van der Waals surface area contributed by atoms with Gasteiger partial charge in [-0.1, -0.05) is 12.8 Å². The molecule has 2 saturated heterocycles. The number of hydrogen-bond acceptors (Lipinski definition) is 3. The van der Waals surface area contributed by atoms with E-state index in [2.05, 4.69) is 5.32 Å². The largest absolute Gasteiger partial charge is 0.317 e. The molecule has 2 aliphatic heterocycles. The Hall–Kier alpha value is -0.130.